The summed E-state index contributed by atoms with van der Waals surface area (Å²) in [5.41, 5.74) is -1.28. The van der Waals surface area contributed by atoms with Crippen LogP contribution in [0.2, 0.25) is 0 Å². The molecule has 0 amide bonds. The molecule has 0 radical (unpaired) electrons. The molecule has 0 aliphatic rings. The van der Waals surface area contributed by atoms with Gasteiger partial charge in [0.15, 0.2) is 0 Å². The Morgan fingerprint density at radius 3 is 1.47 bits per heavy atom. The summed E-state index contributed by atoms with van der Waals surface area (Å²) in [5.74, 6) is -3.33. The maximum absolute atomic E-state index is 10.9. The number of rotatable bonds is 7. The van der Waals surface area contributed by atoms with E-state index in [0.29, 0.717) is 0 Å². The van der Waals surface area contributed by atoms with Gasteiger partial charge in [-0.1, -0.05) is 0 Å². The maximum atomic E-state index is 10.9. The molecule has 0 aliphatic heterocycles. The van der Waals surface area contributed by atoms with Gasteiger partial charge in [0.05, 0.1) is 5.41 Å². The van der Waals surface area contributed by atoms with Crippen molar-refractivity contribution in [2.45, 2.75) is 32.6 Å². The molecule has 0 aromatic rings. The largest absolute Gasteiger partial charge is 0.481 e. The third-order valence-corrected chi connectivity index (χ3v) is 2.30. The number of carboxylic acids is 3. The van der Waals surface area contributed by atoms with Gasteiger partial charge in [0, 0.05) is 12.8 Å². The highest BCUT2D eigenvalue weighted by Crippen LogP contribution is 2.29. The highest BCUT2D eigenvalue weighted by molar-refractivity contribution is 5.76. The van der Waals surface area contributed by atoms with Crippen LogP contribution in [0, 0.1) is 5.41 Å². The number of carbonyl (C=O) groups is 3. The van der Waals surface area contributed by atoms with Crippen molar-refractivity contribution >= 4 is 17.9 Å². The molecule has 0 unspecified atom stereocenters. The Morgan fingerprint density at radius 2 is 1.27 bits per heavy atom. The lowest BCUT2D eigenvalue weighted by Crippen LogP contribution is -2.29. The van der Waals surface area contributed by atoms with Gasteiger partial charge in [0.2, 0.25) is 0 Å². The molecule has 0 spiro atoms. The predicted octanol–water partition coefficient (Wildman–Crippen LogP) is 0.807. The summed E-state index contributed by atoms with van der Waals surface area (Å²) in [6.45, 7) is 1.36. The fourth-order valence-electron chi connectivity index (χ4n) is 1.10. The number of hydrogen-bond donors (Lipinski definition) is 3. The zero-order chi connectivity index (χ0) is 12.1. The van der Waals surface area contributed by atoms with Gasteiger partial charge < -0.3 is 15.3 Å². The number of carboxylic acid groups (broad SMARTS) is 3. The van der Waals surface area contributed by atoms with Crippen LogP contribution in [0.25, 0.3) is 0 Å². The van der Waals surface area contributed by atoms with Gasteiger partial charge in [0.1, 0.15) is 0 Å². The lowest BCUT2D eigenvalue weighted by molar-refractivity contribution is -0.150. The summed E-state index contributed by atoms with van der Waals surface area (Å²) in [5, 5.41) is 25.7. The fourth-order valence-corrected chi connectivity index (χ4v) is 1.10. The van der Waals surface area contributed by atoms with Crippen LogP contribution in [0.15, 0.2) is 0 Å². The first-order valence-electron chi connectivity index (χ1n) is 4.45. The minimum Gasteiger partial charge on any atom is -0.481 e. The van der Waals surface area contributed by atoms with E-state index in [4.69, 9.17) is 15.3 Å². The van der Waals surface area contributed by atoms with E-state index in [0.717, 1.165) is 0 Å². The molecule has 0 saturated carbocycles. The van der Waals surface area contributed by atoms with E-state index in [1.165, 1.54) is 6.92 Å². The molecule has 6 nitrogen and oxygen atoms in total. The first-order valence-corrected chi connectivity index (χ1v) is 4.45. The van der Waals surface area contributed by atoms with Crippen molar-refractivity contribution in [3.63, 3.8) is 0 Å². The van der Waals surface area contributed by atoms with Gasteiger partial charge in [0.25, 0.3) is 0 Å². The van der Waals surface area contributed by atoms with Gasteiger partial charge in [-0.3, -0.25) is 14.4 Å². The van der Waals surface area contributed by atoms with Crippen LogP contribution in [0.3, 0.4) is 0 Å². The van der Waals surface area contributed by atoms with E-state index in [9.17, 15) is 14.4 Å². The fraction of sp³-hybridized carbons (Fsp3) is 0.667. The second kappa shape index (κ2) is 5.33. The summed E-state index contributed by atoms with van der Waals surface area (Å²) in [6, 6.07) is 0. The van der Waals surface area contributed by atoms with Crippen LogP contribution in [-0.4, -0.2) is 33.2 Å². The Hall–Kier alpha value is -1.59. The van der Waals surface area contributed by atoms with E-state index in [-0.39, 0.29) is 25.7 Å². The second-order valence-corrected chi connectivity index (χ2v) is 3.65. The van der Waals surface area contributed by atoms with Gasteiger partial charge >= 0.3 is 17.9 Å². The highest BCUT2D eigenvalue weighted by atomic mass is 16.4. The van der Waals surface area contributed by atoms with E-state index >= 15 is 0 Å². The summed E-state index contributed by atoms with van der Waals surface area (Å²) >= 11 is 0. The molecule has 0 aromatic heterocycles. The minimum atomic E-state index is -1.28. The van der Waals surface area contributed by atoms with Crippen LogP contribution in [0.4, 0.5) is 0 Å². The van der Waals surface area contributed by atoms with E-state index in [1.807, 2.05) is 0 Å². The lowest BCUT2D eigenvalue weighted by Gasteiger charge is -2.22. The second-order valence-electron chi connectivity index (χ2n) is 3.65. The average Bonchev–Trinajstić information content (AvgIpc) is 2.11. The molecular formula is C9H14O6. The standard InChI is InChI=1S/C9H14O6/c1-9(8(14)15,4-2-6(10)11)5-3-7(12)13/h2-5H2,1H3,(H,10,11)(H,12,13)(H,14,15). The predicted molar refractivity (Wildman–Crippen MR) is 49.5 cm³/mol. The van der Waals surface area contributed by atoms with Crippen molar-refractivity contribution in [3.05, 3.63) is 0 Å². The lowest BCUT2D eigenvalue weighted by atomic mass is 9.81. The first-order chi connectivity index (χ1) is 6.78. The highest BCUT2D eigenvalue weighted by Gasteiger charge is 2.33. The Labute approximate surface area is 86.5 Å². The van der Waals surface area contributed by atoms with Crippen molar-refractivity contribution in [1.29, 1.82) is 0 Å². The molecule has 0 bridgehead atoms. The van der Waals surface area contributed by atoms with Crippen molar-refractivity contribution in [1.82, 2.24) is 0 Å². The summed E-state index contributed by atoms with van der Waals surface area (Å²) in [6.07, 6.45) is -0.680. The van der Waals surface area contributed by atoms with Gasteiger partial charge in [-0.05, 0) is 19.8 Å². The van der Waals surface area contributed by atoms with Crippen molar-refractivity contribution in [2.24, 2.45) is 5.41 Å². The van der Waals surface area contributed by atoms with Crippen molar-refractivity contribution in [2.75, 3.05) is 0 Å². The van der Waals surface area contributed by atoms with Crippen LogP contribution in [-0.2, 0) is 14.4 Å². The normalized spacial score (nSPS) is 11.0. The Morgan fingerprint density at radius 1 is 0.933 bits per heavy atom. The van der Waals surface area contributed by atoms with Gasteiger partial charge in [-0.2, -0.15) is 0 Å². The van der Waals surface area contributed by atoms with Crippen molar-refractivity contribution < 1.29 is 29.7 Å². The van der Waals surface area contributed by atoms with Crippen LogP contribution in [0.5, 0.6) is 0 Å². The molecule has 0 aliphatic carbocycles. The monoisotopic (exact) mass is 218 g/mol. The molecule has 0 heterocycles. The smallest absolute Gasteiger partial charge is 0.309 e. The zero-order valence-corrected chi connectivity index (χ0v) is 8.39. The Bertz CT molecular complexity index is 252. The maximum Gasteiger partial charge on any atom is 0.309 e. The first kappa shape index (κ1) is 13.4. The molecule has 3 N–H and O–H groups in total. The molecule has 0 fully saturated rings. The van der Waals surface area contributed by atoms with E-state index < -0.39 is 23.3 Å². The van der Waals surface area contributed by atoms with Crippen LogP contribution in [0.1, 0.15) is 32.6 Å². The minimum absolute atomic E-state index is 0.0645. The zero-order valence-electron chi connectivity index (χ0n) is 8.39. The third-order valence-electron chi connectivity index (χ3n) is 2.30. The quantitative estimate of drug-likeness (QED) is 0.582. The Balaban J connectivity index is 4.38. The van der Waals surface area contributed by atoms with E-state index in [2.05, 4.69) is 0 Å². The molecule has 86 valence electrons. The molecular weight excluding hydrogens is 204 g/mol. The summed E-state index contributed by atoms with van der Waals surface area (Å²) in [4.78, 5) is 31.5. The SMILES string of the molecule is CC(CCC(=O)O)(CCC(=O)O)C(=O)O. The molecule has 15 heavy (non-hydrogen) atoms. The molecule has 0 rings (SSSR count). The molecule has 0 aromatic carbocycles. The topological polar surface area (TPSA) is 112 Å². The number of hydrogen-bond acceptors (Lipinski definition) is 3. The van der Waals surface area contributed by atoms with Crippen LogP contribution >= 0.6 is 0 Å². The van der Waals surface area contributed by atoms with E-state index in [1.54, 1.807) is 0 Å². The van der Waals surface area contributed by atoms with Gasteiger partial charge in [-0.25, -0.2) is 0 Å². The van der Waals surface area contributed by atoms with Crippen molar-refractivity contribution in [3.8, 4) is 0 Å². The molecule has 0 saturated heterocycles. The summed E-state index contributed by atoms with van der Waals surface area (Å²) < 4.78 is 0. The summed E-state index contributed by atoms with van der Waals surface area (Å²) in [7, 11) is 0. The molecule has 6 heteroatoms. The van der Waals surface area contributed by atoms with Gasteiger partial charge in [-0.15, -0.1) is 0 Å². The Kier molecular flexibility index (Phi) is 4.77. The third kappa shape index (κ3) is 4.99. The molecule has 0 atom stereocenters. The number of aliphatic carboxylic acids is 3. The van der Waals surface area contributed by atoms with Crippen LogP contribution < -0.4 is 0 Å². The average molecular weight is 218 g/mol.